The van der Waals surface area contributed by atoms with Crippen molar-refractivity contribution in [3.63, 3.8) is 0 Å². The highest BCUT2D eigenvalue weighted by atomic mass is 35.5. The van der Waals surface area contributed by atoms with Crippen molar-refractivity contribution in [2.24, 2.45) is 0 Å². The first-order chi connectivity index (χ1) is 12.5. The molecule has 0 fully saturated rings. The number of rotatable bonds is 6. The van der Waals surface area contributed by atoms with Crippen molar-refractivity contribution in [1.82, 2.24) is 20.2 Å². The van der Waals surface area contributed by atoms with Gasteiger partial charge in [-0.2, -0.15) is 0 Å². The van der Waals surface area contributed by atoms with Gasteiger partial charge in [0.15, 0.2) is 5.82 Å². The molecule has 1 amide bonds. The van der Waals surface area contributed by atoms with Crippen LogP contribution in [0.5, 0.6) is 5.75 Å². The maximum absolute atomic E-state index is 12.4. The summed E-state index contributed by atoms with van der Waals surface area (Å²) < 4.78 is 7.43. The second-order valence-corrected chi connectivity index (χ2v) is 6.29. The van der Waals surface area contributed by atoms with E-state index in [1.807, 2.05) is 13.8 Å². The number of benzene rings is 2. The molecule has 1 N–H and O–H groups in total. The highest BCUT2D eigenvalue weighted by molar-refractivity contribution is 6.33. The highest BCUT2D eigenvalue weighted by Crippen LogP contribution is 2.22. The molecule has 0 atom stereocenters. The molecule has 0 aliphatic rings. The van der Waals surface area contributed by atoms with E-state index < -0.39 is 0 Å². The van der Waals surface area contributed by atoms with Crippen molar-refractivity contribution in [1.29, 1.82) is 0 Å². The Balaban J connectivity index is 1.69. The minimum atomic E-state index is -0.268. The van der Waals surface area contributed by atoms with Crippen molar-refractivity contribution in [2.75, 3.05) is 5.32 Å². The molecule has 0 aliphatic heterocycles. The summed E-state index contributed by atoms with van der Waals surface area (Å²) in [5, 5.41) is 14.8. The van der Waals surface area contributed by atoms with E-state index in [-0.39, 0.29) is 18.6 Å². The van der Waals surface area contributed by atoms with Crippen LogP contribution in [0.25, 0.3) is 0 Å². The van der Waals surface area contributed by atoms with Crippen LogP contribution in [0, 0.1) is 0 Å². The number of carbonyl (C=O) groups excluding carboxylic acids is 1. The fourth-order valence-electron chi connectivity index (χ4n) is 2.34. The number of nitrogens with zero attached hydrogens (tertiary/aromatic N) is 4. The largest absolute Gasteiger partial charge is 0.486 e. The van der Waals surface area contributed by atoms with Gasteiger partial charge in [0.1, 0.15) is 12.4 Å². The van der Waals surface area contributed by atoms with Gasteiger partial charge in [0.2, 0.25) is 0 Å². The minimum Gasteiger partial charge on any atom is -0.486 e. The Bertz CT molecular complexity index is 910. The molecule has 1 heterocycles. The summed E-state index contributed by atoms with van der Waals surface area (Å²) in [7, 11) is 0. The van der Waals surface area contributed by atoms with Gasteiger partial charge >= 0.3 is 0 Å². The molecule has 0 saturated carbocycles. The summed E-state index contributed by atoms with van der Waals surface area (Å²) in [5.74, 6) is 0.900. The monoisotopic (exact) mass is 371 g/mol. The van der Waals surface area contributed by atoms with Gasteiger partial charge in [-0.1, -0.05) is 29.8 Å². The smallest absolute Gasteiger partial charge is 0.255 e. The molecule has 3 rings (SSSR count). The first kappa shape index (κ1) is 17.9. The molecule has 2 aromatic carbocycles. The predicted molar refractivity (Wildman–Crippen MR) is 98.4 cm³/mol. The van der Waals surface area contributed by atoms with Gasteiger partial charge in [-0.05, 0) is 54.6 Å². The van der Waals surface area contributed by atoms with Gasteiger partial charge in [0, 0.05) is 5.56 Å². The highest BCUT2D eigenvalue weighted by Gasteiger charge is 2.12. The number of aromatic nitrogens is 4. The molecular weight excluding hydrogens is 354 g/mol. The Morgan fingerprint density at radius 1 is 1.23 bits per heavy atom. The second-order valence-electron chi connectivity index (χ2n) is 5.88. The zero-order valence-electron chi connectivity index (χ0n) is 14.4. The minimum absolute atomic E-state index is 0.135. The zero-order valence-corrected chi connectivity index (χ0v) is 15.1. The van der Waals surface area contributed by atoms with Crippen LogP contribution >= 0.6 is 11.6 Å². The second kappa shape index (κ2) is 7.97. The Morgan fingerprint density at radius 2 is 2.04 bits per heavy atom. The van der Waals surface area contributed by atoms with Gasteiger partial charge in [0.25, 0.3) is 5.91 Å². The van der Waals surface area contributed by atoms with Crippen LogP contribution in [0.4, 0.5) is 5.69 Å². The number of hydrogen-bond acceptors (Lipinski definition) is 5. The summed E-state index contributed by atoms with van der Waals surface area (Å²) in [6.07, 6.45) is 0. The van der Waals surface area contributed by atoms with Gasteiger partial charge in [0.05, 0.1) is 16.8 Å². The summed E-state index contributed by atoms with van der Waals surface area (Å²) >= 11 is 6.07. The zero-order chi connectivity index (χ0) is 18.5. The Kier molecular flexibility index (Phi) is 5.48. The van der Waals surface area contributed by atoms with Crippen LogP contribution in [0.15, 0.2) is 48.5 Å². The van der Waals surface area contributed by atoms with Crippen LogP contribution in [-0.4, -0.2) is 26.1 Å². The lowest BCUT2D eigenvalue weighted by molar-refractivity contribution is 0.102. The number of hydrogen-bond donors (Lipinski definition) is 1. The number of anilines is 1. The molecule has 0 bridgehead atoms. The van der Waals surface area contributed by atoms with Crippen molar-refractivity contribution in [3.8, 4) is 5.75 Å². The number of carbonyl (C=O) groups is 1. The molecule has 0 radical (unpaired) electrons. The molecule has 134 valence electrons. The number of nitrogens with one attached hydrogen (secondary N) is 1. The lowest BCUT2D eigenvalue weighted by atomic mass is 10.2. The maximum atomic E-state index is 12.4. The van der Waals surface area contributed by atoms with E-state index in [9.17, 15) is 4.79 Å². The van der Waals surface area contributed by atoms with Crippen molar-refractivity contribution >= 4 is 23.2 Å². The molecule has 8 heteroatoms. The Morgan fingerprint density at radius 3 is 2.81 bits per heavy atom. The normalized spacial score (nSPS) is 10.8. The van der Waals surface area contributed by atoms with Crippen LogP contribution in [0.3, 0.4) is 0 Å². The van der Waals surface area contributed by atoms with Crippen LogP contribution in [0.2, 0.25) is 5.02 Å². The van der Waals surface area contributed by atoms with E-state index in [0.717, 1.165) is 0 Å². The van der Waals surface area contributed by atoms with E-state index in [0.29, 0.717) is 27.8 Å². The third kappa shape index (κ3) is 4.18. The summed E-state index contributed by atoms with van der Waals surface area (Å²) in [5.41, 5.74) is 1.02. The van der Waals surface area contributed by atoms with Gasteiger partial charge in [-0.25, -0.2) is 4.68 Å². The topological polar surface area (TPSA) is 81.9 Å². The molecule has 0 unspecified atom stereocenters. The van der Waals surface area contributed by atoms with Crippen LogP contribution in [0.1, 0.15) is 36.1 Å². The standard InChI is InChI=1S/C18H18ClN5O2/c1-12(2)24-17(21-22-23-24)11-26-14-7-5-6-13(10-14)18(25)20-16-9-4-3-8-15(16)19/h3-10,12H,11H2,1-2H3,(H,20,25). The van der Waals surface area contributed by atoms with E-state index >= 15 is 0 Å². The Labute approximate surface area is 155 Å². The third-order valence-corrected chi connectivity index (χ3v) is 3.97. The quantitative estimate of drug-likeness (QED) is 0.713. The molecule has 1 aromatic heterocycles. The number of ether oxygens (including phenoxy) is 1. The average Bonchev–Trinajstić information content (AvgIpc) is 3.11. The number of halogens is 1. The summed E-state index contributed by atoms with van der Waals surface area (Å²) in [6, 6.07) is 14.1. The molecule has 26 heavy (non-hydrogen) atoms. The maximum Gasteiger partial charge on any atom is 0.255 e. The molecule has 0 aliphatic carbocycles. The summed E-state index contributed by atoms with van der Waals surface area (Å²) in [4.78, 5) is 12.4. The van der Waals surface area contributed by atoms with Gasteiger partial charge in [-0.15, -0.1) is 5.10 Å². The number of amides is 1. The van der Waals surface area contributed by atoms with E-state index in [1.165, 1.54) is 0 Å². The molecule has 3 aromatic rings. The lowest BCUT2D eigenvalue weighted by Gasteiger charge is -2.10. The lowest BCUT2D eigenvalue weighted by Crippen LogP contribution is -2.13. The fourth-order valence-corrected chi connectivity index (χ4v) is 2.52. The van der Waals surface area contributed by atoms with Crippen LogP contribution < -0.4 is 10.1 Å². The van der Waals surface area contributed by atoms with Crippen molar-refractivity contribution in [2.45, 2.75) is 26.5 Å². The van der Waals surface area contributed by atoms with Gasteiger partial charge in [-0.3, -0.25) is 4.79 Å². The van der Waals surface area contributed by atoms with Crippen LogP contribution in [-0.2, 0) is 6.61 Å². The predicted octanol–water partition coefficient (Wildman–Crippen LogP) is 3.74. The summed E-state index contributed by atoms with van der Waals surface area (Å²) in [6.45, 7) is 4.18. The van der Waals surface area contributed by atoms with Crippen molar-refractivity contribution in [3.05, 3.63) is 64.9 Å². The molecule has 0 spiro atoms. The molecular formula is C18H18ClN5O2. The van der Waals surface area contributed by atoms with Crippen molar-refractivity contribution < 1.29 is 9.53 Å². The third-order valence-electron chi connectivity index (χ3n) is 3.64. The van der Waals surface area contributed by atoms with E-state index in [1.54, 1.807) is 53.2 Å². The fraction of sp³-hybridized carbons (Fsp3) is 0.222. The number of para-hydroxylation sites is 1. The SMILES string of the molecule is CC(C)n1nnnc1COc1cccc(C(=O)Nc2ccccc2Cl)c1. The molecule has 0 saturated heterocycles. The van der Waals surface area contributed by atoms with Gasteiger partial charge < -0.3 is 10.1 Å². The first-order valence-electron chi connectivity index (χ1n) is 8.10. The Hall–Kier alpha value is -2.93. The average molecular weight is 372 g/mol. The first-order valence-corrected chi connectivity index (χ1v) is 8.48. The van der Waals surface area contributed by atoms with E-state index in [2.05, 4.69) is 20.8 Å². The number of tetrazole rings is 1. The molecule has 7 nitrogen and oxygen atoms in total. The van der Waals surface area contributed by atoms with E-state index in [4.69, 9.17) is 16.3 Å².